The monoisotopic (exact) mass is 626 g/mol. The Bertz CT molecular complexity index is 1270. The molecule has 0 N–H and O–H groups in total. The maximum Gasteiger partial charge on any atom is 0.303 e. The van der Waals surface area contributed by atoms with Crippen LogP contribution in [0.3, 0.4) is 0 Å². The minimum absolute atomic E-state index is 0.237. The number of rotatable bonds is 9. The summed E-state index contributed by atoms with van der Waals surface area (Å²) in [4.78, 5) is 87.4. The van der Waals surface area contributed by atoms with Gasteiger partial charge in [-0.1, -0.05) is 0 Å². The van der Waals surface area contributed by atoms with E-state index in [0.29, 0.717) is 0 Å². The van der Waals surface area contributed by atoms with E-state index in [1.54, 1.807) is 6.92 Å². The highest BCUT2D eigenvalue weighted by Gasteiger charge is 2.85. The molecule has 2 aliphatic carbocycles. The predicted octanol–water partition coefficient (Wildman–Crippen LogP) is 0.875. The molecule has 44 heavy (non-hydrogen) atoms. The fourth-order valence-corrected chi connectivity index (χ4v) is 6.95. The summed E-state index contributed by atoms with van der Waals surface area (Å²) in [5.74, 6) is -6.88. The van der Waals surface area contributed by atoms with E-state index in [9.17, 15) is 33.6 Å². The molecule has 0 amide bonds. The van der Waals surface area contributed by atoms with Gasteiger partial charge in [-0.25, -0.2) is 0 Å². The Morgan fingerprint density at radius 1 is 0.636 bits per heavy atom. The van der Waals surface area contributed by atoms with Gasteiger partial charge >= 0.3 is 41.8 Å². The predicted molar refractivity (Wildman–Crippen MR) is 143 cm³/mol. The molecule has 0 unspecified atom stereocenters. The second-order valence-electron chi connectivity index (χ2n) is 11.4. The fraction of sp³-hybridized carbons (Fsp3) is 0.690. The quantitative estimate of drug-likeness (QED) is 0.199. The van der Waals surface area contributed by atoms with Crippen LogP contribution in [-0.4, -0.2) is 96.7 Å². The van der Waals surface area contributed by atoms with Gasteiger partial charge in [0.2, 0.25) is 0 Å². The summed E-state index contributed by atoms with van der Waals surface area (Å²) >= 11 is 0. The zero-order chi connectivity index (χ0) is 33.4. The van der Waals surface area contributed by atoms with Crippen LogP contribution in [0.1, 0.15) is 62.3 Å². The number of ether oxygens (including phenoxy) is 8. The molecule has 1 aliphatic heterocycles. The van der Waals surface area contributed by atoms with E-state index >= 15 is 0 Å². The van der Waals surface area contributed by atoms with Crippen LogP contribution in [0.15, 0.2) is 11.6 Å². The Hall–Kier alpha value is -4.01. The summed E-state index contributed by atoms with van der Waals surface area (Å²) in [6.45, 7) is 9.59. The first-order valence-corrected chi connectivity index (χ1v) is 13.8. The fourth-order valence-electron chi connectivity index (χ4n) is 6.95. The zero-order valence-corrected chi connectivity index (χ0v) is 26.1. The van der Waals surface area contributed by atoms with Gasteiger partial charge in [0, 0.05) is 48.5 Å². The number of carbonyl (C=O) groups is 7. The van der Waals surface area contributed by atoms with E-state index in [1.807, 2.05) is 0 Å². The van der Waals surface area contributed by atoms with Crippen LogP contribution in [-0.2, 0) is 71.5 Å². The summed E-state index contributed by atoms with van der Waals surface area (Å²) in [7, 11) is 0. The van der Waals surface area contributed by atoms with Gasteiger partial charge in [0.15, 0.2) is 18.3 Å². The van der Waals surface area contributed by atoms with Gasteiger partial charge in [0.1, 0.15) is 42.0 Å². The third kappa shape index (κ3) is 6.01. The van der Waals surface area contributed by atoms with Crippen molar-refractivity contribution in [3.8, 4) is 0 Å². The van der Waals surface area contributed by atoms with Crippen molar-refractivity contribution in [2.24, 2.45) is 11.3 Å². The highest BCUT2D eigenvalue weighted by molar-refractivity contribution is 5.71. The maximum absolute atomic E-state index is 12.8. The van der Waals surface area contributed by atoms with Crippen LogP contribution in [0.2, 0.25) is 0 Å². The molecule has 0 radical (unpaired) electrons. The molecule has 0 aromatic carbocycles. The van der Waals surface area contributed by atoms with Crippen LogP contribution in [0.4, 0.5) is 0 Å². The van der Waals surface area contributed by atoms with Crippen LogP contribution in [0.25, 0.3) is 0 Å². The summed E-state index contributed by atoms with van der Waals surface area (Å²) in [5, 5.41) is 0. The number of hydrogen-bond donors (Lipinski definition) is 0. The highest BCUT2D eigenvalue weighted by atomic mass is 16.7. The lowest BCUT2D eigenvalue weighted by Crippen LogP contribution is -2.79. The Balaban J connectivity index is 2.59. The first-order valence-electron chi connectivity index (χ1n) is 13.8. The van der Waals surface area contributed by atoms with Crippen molar-refractivity contribution in [1.82, 2.24) is 0 Å². The topological polar surface area (TPSA) is 193 Å². The van der Waals surface area contributed by atoms with Crippen LogP contribution in [0.5, 0.6) is 0 Å². The van der Waals surface area contributed by atoms with Crippen molar-refractivity contribution in [3.05, 3.63) is 11.6 Å². The Labute approximate surface area is 253 Å². The molecule has 2 bridgehead atoms. The molecule has 1 saturated heterocycles. The maximum atomic E-state index is 12.8. The zero-order valence-electron chi connectivity index (χ0n) is 26.1. The average Bonchev–Trinajstić information content (AvgIpc) is 3.07. The molecule has 1 spiro atoms. The van der Waals surface area contributed by atoms with E-state index in [0.717, 1.165) is 48.5 Å². The summed E-state index contributed by atoms with van der Waals surface area (Å²) < 4.78 is 46.7. The van der Waals surface area contributed by atoms with Crippen molar-refractivity contribution >= 4 is 41.8 Å². The molecular formula is C29H38O15. The lowest BCUT2D eigenvalue weighted by atomic mass is 9.49. The largest absolute Gasteiger partial charge is 0.465 e. The summed E-state index contributed by atoms with van der Waals surface area (Å²) in [5.41, 5.74) is -5.49. The number of esters is 7. The first-order chi connectivity index (χ1) is 20.3. The third-order valence-electron chi connectivity index (χ3n) is 8.04. The third-order valence-corrected chi connectivity index (χ3v) is 8.04. The minimum Gasteiger partial charge on any atom is -0.465 e. The van der Waals surface area contributed by atoms with E-state index in [1.165, 1.54) is 13.0 Å². The molecular weight excluding hydrogens is 588 g/mol. The van der Waals surface area contributed by atoms with Gasteiger partial charge in [-0.2, -0.15) is 0 Å². The molecule has 0 aromatic rings. The second kappa shape index (κ2) is 12.5. The smallest absolute Gasteiger partial charge is 0.303 e. The van der Waals surface area contributed by atoms with Gasteiger partial charge in [0.25, 0.3) is 0 Å². The lowest BCUT2D eigenvalue weighted by molar-refractivity contribution is -0.292. The van der Waals surface area contributed by atoms with E-state index < -0.39 is 108 Å². The molecule has 0 aromatic heterocycles. The molecule has 3 aliphatic rings. The van der Waals surface area contributed by atoms with Crippen molar-refractivity contribution in [2.45, 2.75) is 104 Å². The molecule has 1 heterocycles. The van der Waals surface area contributed by atoms with Gasteiger partial charge in [-0.05, 0) is 25.5 Å². The van der Waals surface area contributed by atoms with Crippen LogP contribution >= 0.6 is 0 Å². The summed E-state index contributed by atoms with van der Waals surface area (Å²) in [6, 6.07) is 0. The Morgan fingerprint density at radius 3 is 1.57 bits per heavy atom. The lowest BCUT2D eigenvalue weighted by Gasteiger charge is -2.61. The Kier molecular flexibility index (Phi) is 9.83. The van der Waals surface area contributed by atoms with Crippen LogP contribution < -0.4 is 0 Å². The van der Waals surface area contributed by atoms with E-state index in [4.69, 9.17) is 37.9 Å². The molecule has 2 fully saturated rings. The molecule has 15 heteroatoms. The van der Waals surface area contributed by atoms with Crippen molar-refractivity contribution in [2.75, 3.05) is 13.2 Å². The molecule has 3 rings (SSSR count). The number of carbonyl (C=O) groups excluding carboxylic acids is 7. The average molecular weight is 627 g/mol. The number of hydrogen-bond acceptors (Lipinski definition) is 15. The Morgan fingerprint density at radius 2 is 1.09 bits per heavy atom. The highest BCUT2D eigenvalue weighted by Crippen LogP contribution is 2.67. The van der Waals surface area contributed by atoms with Crippen LogP contribution in [0, 0.1) is 11.3 Å². The number of fused-ring (bicyclic) bond motifs is 1. The van der Waals surface area contributed by atoms with Crippen molar-refractivity contribution < 1.29 is 71.5 Å². The second-order valence-corrected chi connectivity index (χ2v) is 11.4. The van der Waals surface area contributed by atoms with Gasteiger partial charge < -0.3 is 37.9 Å². The van der Waals surface area contributed by atoms with Crippen molar-refractivity contribution in [1.29, 1.82) is 0 Å². The standard InChI is InChI=1S/C29H38O15/c1-13-10-21(39-16(4)32)24(41-18(6)34)28(12-38-15(3)31)26(43-20(8)36)23(40-17(5)33)22-25(42-19(7)35)29(13,28)44-27(22,9)11-37-14(2)30/h10,21-26H,11-12H2,1-9H3/t21-,22+,23+,24-,25+,26+,27-,28-,29+/m0/s1. The molecule has 15 nitrogen and oxygen atoms in total. The van der Waals surface area contributed by atoms with Gasteiger partial charge in [-0.3, -0.25) is 33.6 Å². The minimum atomic E-state index is -2.11. The molecule has 9 atom stereocenters. The van der Waals surface area contributed by atoms with Gasteiger partial charge in [0.05, 0.1) is 5.92 Å². The molecule has 244 valence electrons. The molecule has 1 saturated carbocycles. The van der Waals surface area contributed by atoms with E-state index in [2.05, 4.69) is 0 Å². The van der Waals surface area contributed by atoms with E-state index in [-0.39, 0.29) is 5.57 Å². The van der Waals surface area contributed by atoms with Gasteiger partial charge in [-0.15, -0.1) is 0 Å². The summed E-state index contributed by atoms with van der Waals surface area (Å²) in [6.07, 6.45) is -6.22. The normalized spacial score (nSPS) is 35.2. The first kappa shape index (κ1) is 34.5. The van der Waals surface area contributed by atoms with Crippen molar-refractivity contribution in [3.63, 3.8) is 0 Å². The SMILES string of the molecule is CC(=O)OC[C@]12[C@H](OC(C)=O)[C@H](OC(C)=O)[C@@H]3[C@@H](OC(C)=O)[C@]1(O[C@@]3(C)COC(C)=O)C(C)=C[C@H](OC(C)=O)[C@@H]2OC(C)=O.